The summed E-state index contributed by atoms with van der Waals surface area (Å²) >= 11 is 0. The molecule has 1 aliphatic rings. The van der Waals surface area contributed by atoms with Gasteiger partial charge in [0.2, 0.25) is 5.91 Å². The Labute approximate surface area is 114 Å². The van der Waals surface area contributed by atoms with E-state index in [9.17, 15) is 4.79 Å². The lowest BCUT2D eigenvalue weighted by atomic mass is 9.94. The van der Waals surface area contributed by atoms with Crippen LogP contribution in [-0.2, 0) is 4.79 Å². The molecule has 19 heavy (non-hydrogen) atoms. The molecule has 1 amide bonds. The van der Waals surface area contributed by atoms with Crippen LogP contribution in [0, 0.1) is 13.8 Å². The van der Waals surface area contributed by atoms with Crippen molar-refractivity contribution in [2.75, 3.05) is 0 Å². The minimum absolute atomic E-state index is 0.0325. The molecule has 1 aromatic rings. The molecule has 0 aromatic carbocycles. The second-order valence-corrected chi connectivity index (χ2v) is 5.90. The second kappa shape index (κ2) is 5.37. The van der Waals surface area contributed by atoms with Crippen molar-refractivity contribution in [3.05, 3.63) is 23.2 Å². The van der Waals surface area contributed by atoms with E-state index in [1.165, 1.54) is 0 Å². The Morgan fingerprint density at radius 1 is 1.47 bits per heavy atom. The summed E-state index contributed by atoms with van der Waals surface area (Å²) in [5, 5.41) is 3.02. The molecule has 1 unspecified atom stereocenters. The topological polar surface area (TPSA) is 68.3 Å². The van der Waals surface area contributed by atoms with E-state index in [1.807, 2.05) is 26.8 Å². The summed E-state index contributed by atoms with van der Waals surface area (Å²) in [4.78, 5) is 12.1. The highest BCUT2D eigenvalue weighted by molar-refractivity contribution is 5.77. The molecule has 1 aromatic heterocycles. The van der Waals surface area contributed by atoms with Gasteiger partial charge in [0.05, 0.1) is 6.04 Å². The maximum atomic E-state index is 12.1. The van der Waals surface area contributed by atoms with E-state index < -0.39 is 0 Å². The molecule has 1 heterocycles. The van der Waals surface area contributed by atoms with Crippen LogP contribution in [0.15, 0.2) is 10.5 Å². The Morgan fingerprint density at radius 3 is 2.63 bits per heavy atom. The quantitative estimate of drug-likeness (QED) is 0.878. The molecule has 0 spiro atoms. The Bertz CT molecular complexity index is 459. The van der Waals surface area contributed by atoms with E-state index in [1.54, 1.807) is 0 Å². The number of hydrogen-bond donors (Lipinski definition) is 2. The second-order valence-electron chi connectivity index (χ2n) is 5.90. The number of carbonyl (C=O) groups is 1. The molecule has 0 aliphatic heterocycles. The van der Waals surface area contributed by atoms with Gasteiger partial charge in [0, 0.05) is 17.5 Å². The van der Waals surface area contributed by atoms with Crippen LogP contribution in [0.5, 0.6) is 0 Å². The fourth-order valence-electron chi connectivity index (χ4n) is 3.03. The lowest BCUT2D eigenvalue weighted by Crippen LogP contribution is -2.42. The molecule has 2 rings (SSSR count). The summed E-state index contributed by atoms with van der Waals surface area (Å²) in [7, 11) is 0. The van der Waals surface area contributed by atoms with Crippen molar-refractivity contribution in [1.29, 1.82) is 0 Å². The number of furan rings is 1. The zero-order valence-electron chi connectivity index (χ0n) is 12.1. The van der Waals surface area contributed by atoms with Crippen molar-refractivity contribution >= 4 is 5.91 Å². The highest BCUT2D eigenvalue weighted by Crippen LogP contribution is 2.30. The maximum Gasteiger partial charge on any atom is 0.222 e. The highest BCUT2D eigenvalue weighted by Gasteiger charge is 2.32. The van der Waals surface area contributed by atoms with Crippen LogP contribution >= 0.6 is 0 Å². The molecule has 4 heteroatoms. The Balaban J connectivity index is 1.93. The number of nitrogens with one attached hydrogen (secondary N) is 1. The van der Waals surface area contributed by atoms with Gasteiger partial charge in [-0.3, -0.25) is 4.79 Å². The third-order valence-electron chi connectivity index (χ3n) is 4.04. The molecular weight excluding hydrogens is 240 g/mol. The van der Waals surface area contributed by atoms with E-state index in [4.69, 9.17) is 10.2 Å². The summed E-state index contributed by atoms with van der Waals surface area (Å²) in [6, 6.07) is 1.95. The van der Waals surface area contributed by atoms with Gasteiger partial charge in [-0.1, -0.05) is 12.8 Å². The van der Waals surface area contributed by atoms with Gasteiger partial charge in [0.25, 0.3) is 0 Å². The van der Waals surface area contributed by atoms with Gasteiger partial charge < -0.3 is 15.5 Å². The van der Waals surface area contributed by atoms with Crippen molar-refractivity contribution in [2.24, 2.45) is 5.73 Å². The number of aryl methyl sites for hydroxylation is 2. The minimum Gasteiger partial charge on any atom is -0.466 e. The smallest absolute Gasteiger partial charge is 0.222 e. The fraction of sp³-hybridized carbons (Fsp3) is 0.667. The molecule has 0 saturated heterocycles. The average molecular weight is 264 g/mol. The lowest BCUT2D eigenvalue weighted by molar-refractivity contribution is -0.122. The van der Waals surface area contributed by atoms with Crippen molar-refractivity contribution < 1.29 is 9.21 Å². The maximum absolute atomic E-state index is 12.1. The predicted octanol–water partition coefficient (Wildman–Crippen LogP) is 2.74. The van der Waals surface area contributed by atoms with Crippen LogP contribution in [0.2, 0.25) is 0 Å². The standard InChI is InChI=1S/C15H24N2O2/c1-10-8-13(12(3)19-10)11(2)17-14(18)9-15(16)6-4-5-7-15/h8,11H,4-7,9,16H2,1-3H3,(H,17,18). The first-order valence-electron chi connectivity index (χ1n) is 7.05. The van der Waals surface area contributed by atoms with Crippen LogP contribution in [-0.4, -0.2) is 11.4 Å². The van der Waals surface area contributed by atoms with E-state index >= 15 is 0 Å². The van der Waals surface area contributed by atoms with E-state index in [-0.39, 0.29) is 17.5 Å². The molecule has 1 atom stereocenters. The lowest BCUT2D eigenvalue weighted by Gasteiger charge is -2.24. The van der Waals surface area contributed by atoms with Crippen molar-refractivity contribution in [2.45, 2.75) is 64.5 Å². The van der Waals surface area contributed by atoms with E-state index in [0.29, 0.717) is 6.42 Å². The third kappa shape index (κ3) is 3.38. The van der Waals surface area contributed by atoms with Crippen molar-refractivity contribution in [3.63, 3.8) is 0 Å². The van der Waals surface area contributed by atoms with Gasteiger partial charge in [-0.15, -0.1) is 0 Å². The van der Waals surface area contributed by atoms with E-state index in [0.717, 1.165) is 42.8 Å². The van der Waals surface area contributed by atoms with Gasteiger partial charge in [0.1, 0.15) is 11.5 Å². The Morgan fingerprint density at radius 2 is 2.11 bits per heavy atom. The summed E-state index contributed by atoms with van der Waals surface area (Å²) < 4.78 is 5.49. The monoisotopic (exact) mass is 264 g/mol. The molecule has 1 aliphatic carbocycles. The highest BCUT2D eigenvalue weighted by atomic mass is 16.3. The van der Waals surface area contributed by atoms with Crippen LogP contribution in [0.25, 0.3) is 0 Å². The summed E-state index contributed by atoms with van der Waals surface area (Å²) in [6.45, 7) is 5.82. The fourth-order valence-corrected chi connectivity index (χ4v) is 3.03. The predicted molar refractivity (Wildman–Crippen MR) is 74.7 cm³/mol. The van der Waals surface area contributed by atoms with Crippen LogP contribution in [0.1, 0.15) is 62.2 Å². The molecule has 4 nitrogen and oxygen atoms in total. The van der Waals surface area contributed by atoms with Gasteiger partial charge in [0.15, 0.2) is 0 Å². The normalized spacial score (nSPS) is 19.4. The van der Waals surface area contributed by atoms with Crippen LogP contribution in [0.3, 0.4) is 0 Å². The number of nitrogens with two attached hydrogens (primary N) is 1. The summed E-state index contributed by atoms with van der Waals surface area (Å²) in [5.41, 5.74) is 6.99. The number of amides is 1. The van der Waals surface area contributed by atoms with Gasteiger partial charge in [-0.25, -0.2) is 0 Å². The molecule has 1 saturated carbocycles. The zero-order valence-corrected chi connectivity index (χ0v) is 12.1. The molecule has 1 fully saturated rings. The van der Waals surface area contributed by atoms with Crippen molar-refractivity contribution in [1.82, 2.24) is 5.32 Å². The van der Waals surface area contributed by atoms with Gasteiger partial charge in [-0.2, -0.15) is 0 Å². The molecule has 3 N–H and O–H groups in total. The van der Waals surface area contributed by atoms with Crippen LogP contribution in [0.4, 0.5) is 0 Å². The molecule has 106 valence electrons. The first kappa shape index (κ1) is 14.1. The number of carbonyl (C=O) groups excluding carboxylic acids is 1. The molecule has 0 bridgehead atoms. The van der Waals surface area contributed by atoms with Crippen molar-refractivity contribution in [3.8, 4) is 0 Å². The first-order valence-corrected chi connectivity index (χ1v) is 7.05. The number of hydrogen-bond acceptors (Lipinski definition) is 3. The number of rotatable bonds is 4. The van der Waals surface area contributed by atoms with Crippen LogP contribution < -0.4 is 11.1 Å². The van der Waals surface area contributed by atoms with Gasteiger partial charge in [-0.05, 0) is 39.7 Å². The first-order chi connectivity index (χ1) is 8.89. The summed E-state index contributed by atoms with van der Waals surface area (Å²) in [5.74, 6) is 1.78. The SMILES string of the molecule is Cc1cc(C(C)NC(=O)CC2(N)CCCC2)c(C)o1. The van der Waals surface area contributed by atoms with Gasteiger partial charge >= 0.3 is 0 Å². The molecular formula is C15H24N2O2. The zero-order chi connectivity index (χ0) is 14.0. The Hall–Kier alpha value is -1.29. The molecule has 0 radical (unpaired) electrons. The Kier molecular flexibility index (Phi) is 3.99. The summed E-state index contributed by atoms with van der Waals surface area (Å²) in [6.07, 6.45) is 4.61. The minimum atomic E-state index is -0.287. The largest absolute Gasteiger partial charge is 0.466 e. The van der Waals surface area contributed by atoms with E-state index in [2.05, 4.69) is 5.32 Å². The third-order valence-corrected chi connectivity index (χ3v) is 4.04. The average Bonchev–Trinajstić information content (AvgIpc) is 2.84.